The van der Waals surface area contributed by atoms with Crippen LogP contribution in [0.2, 0.25) is 0 Å². The van der Waals surface area contributed by atoms with Gasteiger partial charge in [0.2, 0.25) is 0 Å². The fourth-order valence-electron chi connectivity index (χ4n) is 2.08. The van der Waals surface area contributed by atoms with Crippen molar-refractivity contribution in [3.05, 3.63) is 39.7 Å². The van der Waals surface area contributed by atoms with Gasteiger partial charge in [-0.1, -0.05) is 27.7 Å². The highest BCUT2D eigenvalue weighted by Gasteiger charge is 2.20. The molecule has 1 atom stereocenters. The maximum absolute atomic E-state index is 5.76. The first-order valence-corrected chi connectivity index (χ1v) is 8.02. The second-order valence-corrected chi connectivity index (χ2v) is 7.08. The SMILES string of the molecule is CCNC(Cc1nc(C(C)(C)C)cs1)c1ccc(C)o1. The first kappa shape index (κ1) is 15.3. The van der Waals surface area contributed by atoms with Crippen molar-refractivity contribution in [2.45, 2.75) is 52.5 Å². The Morgan fingerprint density at radius 3 is 2.60 bits per heavy atom. The predicted molar refractivity (Wildman–Crippen MR) is 84.4 cm³/mol. The maximum atomic E-state index is 5.76. The average molecular weight is 292 g/mol. The van der Waals surface area contributed by atoms with E-state index in [1.807, 2.05) is 13.0 Å². The molecule has 110 valence electrons. The van der Waals surface area contributed by atoms with E-state index in [0.29, 0.717) is 0 Å². The van der Waals surface area contributed by atoms with E-state index in [1.54, 1.807) is 11.3 Å². The molecule has 0 bridgehead atoms. The highest BCUT2D eigenvalue weighted by molar-refractivity contribution is 7.09. The predicted octanol–water partition coefficient (Wildman–Crippen LogP) is 4.24. The van der Waals surface area contributed by atoms with E-state index in [9.17, 15) is 0 Å². The number of likely N-dealkylation sites (N-methyl/N-ethyl adjacent to an activating group) is 1. The lowest BCUT2D eigenvalue weighted by Crippen LogP contribution is -2.22. The van der Waals surface area contributed by atoms with Crippen molar-refractivity contribution in [2.75, 3.05) is 6.54 Å². The molecule has 0 aliphatic rings. The molecule has 2 heterocycles. The van der Waals surface area contributed by atoms with Gasteiger partial charge in [-0.15, -0.1) is 11.3 Å². The Morgan fingerprint density at radius 1 is 1.35 bits per heavy atom. The molecule has 0 spiro atoms. The van der Waals surface area contributed by atoms with Gasteiger partial charge in [0.25, 0.3) is 0 Å². The Hall–Kier alpha value is -1.13. The second kappa shape index (κ2) is 6.10. The van der Waals surface area contributed by atoms with Gasteiger partial charge in [0.05, 0.1) is 16.7 Å². The van der Waals surface area contributed by atoms with Gasteiger partial charge in [0, 0.05) is 17.2 Å². The summed E-state index contributed by atoms with van der Waals surface area (Å²) < 4.78 is 5.76. The average Bonchev–Trinajstić information content (AvgIpc) is 2.96. The number of hydrogen-bond acceptors (Lipinski definition) is 4. The zero-order valence-electron chi connectivity index (χ0n) is 13.0. The molecule has 0 fully saturated rings. The van der Waals surface area contributed by atoms with Gasteiger partial charge in [-0.2, -0.15) is 0 Å². The molecular formula is C16H24N2OS. The number of hydrogen-bond donors (Lipinski definition) is 1. The quantitative estimate of drug-likeness (QED) is 0.896. The lowest BCUT2D eigenvalue weighted by molar-refractivity contribution is 0.402. The molecule has 0 radical (unpaired) electrons. The van der Waals surface area contributed by atoms with Crippen LogP contribution >= 0.6 is 11.3 Å². The van der Waals surface area contributed by atoms with Crippen LogP contribution in [0.5, 0.6) is 0 Å². The van der Waals surface area contributed by atoms with Crippen molar-refractivity contribution in [1.82, 2.24) is 10.3 Å². The van der Waals surface area contributed by atoms with E-state index in [4.69, 9.17) is 9.40 Å². The van der Waals surface area contributed by atoms with Crippen LogP contribution in [0.1, 0.15) is 56.0 Å². The molecule has 1 N–H and O–H groups in total. The van der Waals surface area contributed by atoms with E-state index in [2.05, 4.69) is 44.5 Å². The summed E-state index contributed by atoms with van der Waals surface area (Å²) in [6, 6.07) is 4.27. The molecule has 0 aromatic carbocycles. The van der Waals surface area contributed by atoms with Crippen LogP contribution in [0.3, 0.4) is 0 Å². The van der Waals surface area contributed by atoms with E-state index in [0.717, 1.165) is 29.5 Å². The third-order valence-electron chi connectivity index (χ3n) is 3.25. The fourth-order valence-corrected chi connectivity index (χ4v) is 3.15. The molecule has 0 saturated carbocycles. The lowest BCUT2D eigenvalue weighted by atomic mass is 9.93. The smallest absolute Gasteiger partial charge is 0.121 e. The molecule has 0 aliphatic heterocycles. The number of nitrogens with one attached hydrogen (secondary N) is 1. The number of nitrogens with zero attached hydrogens (tertiary/aromatic N) is 1. The summed E-state index contributed by atoms with van der Waals surface area (Å²) in [5.74, 6) is 1.95. The van der Waals surface area contributed by atoms with Gasteiger partial charge in [-0.05, 0) is 25.6 Å². The van der Waals surface area contributed by atoms with Crippen molar-refractivity contribution >= 4 is 11.3 Å². The summed E-state index contributed by atoms with van der Waals surface area (Å²) in [6.07, 6.45) is 0.877. The Balaban J connectivity index is 2.14. The van der Waals surface area contributed by atoms with Crippen LogP contribution in [0.15, 0.2) is 21.9 Å². The Morgan fingerprint density at radius 2 is 2.10 bits per heavy atom. The lowest BCUT2D eigenvalue weighted by Gasteiger charge is -2.15. The Kier molecular flexibility index (Phi) is 4.66. The summed E-state index contributed by atoms with van der Waals surface area (Å²) in [4.78, 5) is 4.77. The normalized spacial score (nSPS) is 13.7. The highest BCUT2D eigenvalue weighted by atomic mass is 32.1. The molecule has 0 amide bonds. The van der Waals surface area contributed by atoms with E-state index in [-0.39, 0.29) is 11.5 Å². The molecule has 2 aromatic heterocycles. The zero-order chi connectivity index (χ0) is 14.8. The van der Waals surface area contributed by atoms with Gasteiger partial charge in [-0.25, -0.2) is 4.98 Å². The first-order valence-electron chi connectivity index (χ1n) is 7.14. The molecule has 1 unspecified atom stereocenters. The minimum Gasteiger partial charge on any atom is -0.465 e. The minimum atomic E-state index is 0.115. The number of aromatic nitrogens is 1. The van der Waals surface area contributed by atoms with Crippen molar-refractivity contribution in [2.24, 2.45) is 0 Å². The van der Waals surface area contributed by atoms with Crippen molar-refractivity contribution < 1.29 is 4.42 Å². The topological polar surface area (TPSA) is 38.1 Å². The minimum absolute atomic E-state index is 0.115. The molecular weight excluding hydrogens is 268 g/mol. The zero-order valence-corrected chi connectivity index (χ0v) is 13.8. The first-order chi connectivity index (χ1) is 9.40. The summed E-state index contributed by atoms with van der Waals surface area (Å²) in [5, 5.41) is 6.82. The summed E-state index contributed by atoms with van der Waals surface area (Å²) in [7, 11) is 0. The van der Waals surface area contributed by atoms with Gasteiger partial charge >= 0.3 is 0 Å². The molecule has 0 aliphatic carbocycles. The number of furan rings is 1. The molecule has 4 heteroatoms. The molecule has 2 rings (SSSR count). The van der Waals surface area contributed by atoms with E-state index >= 15 is 0 Å². The third kappa shape index (κ3) is 3.70. The van der Waals surface area contributed by atoms with Crippen LogP contribution in [-0.2, 0) is 11.8 Å². The largest absolute Gasteiger partial charge is 0.465 e. The van der Waals surface area contributed by atoms with Crippen LogP contribution in [0.4, 0.5) is 0 Å². The second-order valence-electron chi connectivity index (χ2n) is 6.14. The van der Waals surface area contributed by atoms with Crippen LogP contribution in [0, 0.1) is 6.92 Å². The van der Waals surface area contributed by atoms with Crippen molar-refractivity contribution in [1.29, 1.82) is 0 Å². The fraction of sp³-hybridized carbons (Fsp3) is 0.562. The third-order valence-corrected chi connectivity index (χ3v) is 4.13. The monoisotopic (exact) mass is 292 g/mol. The summed E-state index contributed by atoms with van der Waals surface area (Å²) in [5.41, 5.74) is 1.28. The van der Waals surface area contributed by atoms with Crippen molar-refractivity contribution in [3.8, 4) is 0 Å². The Bertz CT molecular complexity index is 551. The number of thiazole rings is 1. The number of rotatable bonds is 5. The standard InChI is InChI=1S/C16H24N2OS/c1-6-17-12(13-8-7-11(2)19-13)9-15-18-14(10-20-15)16(3,4)5/h7-8,10,12,17H,6,9H2,1-5H3. The molecule has 0 saturated heterocycles. The summed E-state index contributed by atoms with van der Waals surface area (Å²) in [6.45, 7) is 11.6. The van der Waals surface area contributed by atoms with Gasteiger partial charge < -0.3 is 9.73 Å². The van der Waals surface area contributed by atoms with Crippen LogP contribution in [0.25, 0.3) is 0 Å². The maximum Gasteiger partial charge on any atom is 0.121 e. The summed E-state index contributed by atoms with van der Waals surface area (Å²) >= 11 is 1.74. The van der Waals surface area contributed by atoms with Gasteiger partial charge in [0.15, 0.2) is 0 Å². The van der Waals surface area contributed by atoms with E-state index in [1.165, 1.54) is 5.69 Å². The molecule has 3 nitrogen and oxygen atoms in total. The Labute approximate surface area is 125 Å². The highest BCUT2D eigenvalue weighted by Crippen LogP contribution is 2.27. The van der Waals surface area contributed by atoms with Gasteiger partial charge in [-0.3, -0.25) is 0 Å². The number of aryl methyl sites for hydroxylation is 1. The van der Waals surface area contributed by atoms with Crippen LogP contribution in [-0.4, -0.2) is 11.5 Å². The van der Waals surface area contributed by atoms with Gasteiger partial charge in [0.1, 0.15) is 11.5 Å². The van der Waals surface area contributed by atoms with Crippen molar-refractivity contribution in [3.63, 3.8) is 0 Å². The molecule has 2 aromatic rings. The van der Waals surface area contributed by atoms with E-state index < -0.39 is 0 Å². The molecule has 20 heavy (non-hydrogen) atoms. The van der Waals surface area contributed by atoms with Crippen LogP contribution < -0.4 is 5.32 Å².